The van der Waals surface area contributed by atoms with Gasteiger partial charge < -0.3 is 11.1 Å². The molecule has 114 valence electrons. The third kappa shape index (κ3) is 4.41. The van der Waals surface area contributed by atoms with E-state index < -0.39 is 11.7 Å². The van der Waals surface area contributed by atoms with Crippen molar-refractivity contribution < 1.29 is 14.0 Å². The van der Waals surface area contributed by atoms with Crippen molar-refractivity contribution in [3.05, 3.63) is 34.6 Å². The van der Waals surface area contributed by atoms with Crippen molar-refractivity contribution in [2.75, 3.05) is 19.6 Å². The van der Waals surface area contributed by atoms with E-state index in [1.165, 1.54) is 12.1 Å². The quantitative estimate of drug-likeness (QED) is 0.876. The summed E-state index contributed by atoms with van der Waals surface area (Å²) in [5.74, 6) is -1.44. The summed E-state index contributed by atoms with van der Waals surface area (Å²) < 4.78 is 13.7. The van der Waals surface area contributed by atoms with Crippen molar-refractivity contribution in [3.63, 3.8) is 0 Å². The lowest BCUT2D eigenvalue weighted by atomic mass is 10.0. The molecule has 1 aliphatic rings. The third-order valence-corrected chi connectivity index (χ3v) is 3.71. The van der Waals surface area contributed by atoms with Gasteiger partial charge in [0.2, 0.25) is 5.91 Å². The molecule has 5 nitrogen and oxygen atoms in total. The molecule has 1 aromatic rings. The molecule has 1 fully saturated rings. The third-order valence-electron chi connectivity index (χ3n) is 3.48. The number of carbonyl (C=O) groups is 2. The van der Waals surface area contributed by atoms with E-state index >= 15 is 0 Å². The van der Waals surface area contributed by atoms with Crippen LogP contribution in [0, 0.1) is 5.82 Å². The second-order valence-electron chi connectivity index (χ2n) is 5.11. The van der Waals surface area contributed by atoms with Crippen molar-refractivity contribution >= 4 is 23.4 Å². The van der Waals surface area contributed by atoms with E-state index in [0.717, 1.165) is 6.07 Å². The SMILES string of the molecule is NC(=O)CN1CCC(NC(=O)c2ccc(Cl)cc2F)CC1. The van der Waals surface area contributed by atoms with Crippen LogP contribution in [0.2, 0.25) is 5.02 Å². The molecular weight excluding hydrogens is 297 g/mol. The zero-order valence-corrected chi connectivity index (χ0v) is 12.2. The number of nitrogens with one attached hydrogen (secondary N) is 1. The number of likely N-dealkylation sites (tertiary alicyclic amines) is 1. The number of nitrogens with two attached hydrogens (primary N) is 1. The summed E-state index contributed by atoms with van der Waals surface area (Å²) in [5, 5.41) is 3.06. The Labute approximate surface area is 127 Å². The molecule has 1 aliphatic heterocycles. The van der Waals surface area contributed by atoms with E-state index in [1.54, 1.807) is 0 Å². The monoisotopic (exact) mass is 313 g/mol. The van der Waals surface area contributed by atoms with Gasteiger partial charge in [0.05, 0.1) is 12.1 Å². The van der Waals surface area contributed by atoms with Crippen LogP contribution in [0.3, 0.4) is 0 Å². The minimum Gasteiger partial charge on any atom is -0.369 e. The standard InChI is InChI=1S/C14H17ClFN3O2/c15-9-1-2-11(12(16)7-9)14(21)18-10-3-5-19(6-4-10)8-13(17)20/h1-2,7,10H,3-6,8H2,(H2,17,20)(H,18,21). The molecule has 2 amide bonds. The number of primary amides is 1. The van der Waals surface area contributed by atoms with Crippen LogP contribution in [0.25, 0.3) is 0 Å². The van der Waals surface area contributed by atoms with E-state index in [9.17, 15) is 14.0 Å². The summed E-state index contributed by atoms with van der Waals surface area (Å²) in [6.07, 6.45) is 1.41. The molecule has 3 N–H and O–H groups in total. The van der Waals surface area contributed by atoms with Crippen LogP contribution in [0.5, 0.6) is 0 Å². The number of hydrogen-bond donors (Lipinski definition) is 2. The fourth-order valence-corrected chi connectivity index (χ4v) is 2.55. The summed E-state index contributed by atoms with van der Waals surface area (Å²) in [4.78, 5) is 24.8. The molecule has 1 aromatic carbocycles. The number of carbonyl (C=O) groups excluding carboxylic acids is 2. The molecule has 0 radical (unpaired) electrons. The van der Waals surface area contributed by atoms with Gasteiger partial charge in [-0.2, -0.15) is 0 Å². The molecule has 0 atom stereocenters. The molecule has 21 heavy (non-hydrogen) atoms. The van der Waals surface area contributed by atoms with Gasteiger partial charge in [0.25, 0.3) is 5.91 Å². The molecule has 0 aromatic heterocycles. The molecule has 7 heteroatoms. The predicted molar refractivity (Wildman–Crippen MR) is 77.5 cm³/mol. The van der Waals surface area contributed by atoms with Gasteiger partial charge >= 0.3 is 0 Å². The lowest BCUT2D eigenvalue weighted by Crippen LogP contribution is -2.46. The van der Waals surface area contributed by atoms with Crippen LogP contribution in [0.1, 0.15) is 23.2 Å². The number of piperidine rings is 1. The molecule has 2 rings (SSSR count). The summed E-state index contributed by atoms with van der Waals surface area (Å²) in [5.41, 5.74) is 5.13. The molecule has 0 spiro atoms. The maximum atomic E-state index is 13.7. The Kier molecular flexibility index (Phi) is 5.14. The first kappa shape index (κ1) is 15.7. The Morgan fingerprint density at radius 3 is 2.62 bits per heavy atom. The Bertz CT molecular complexity index is 545. The van der Waals surface area contributed by atoms with Crippen LogP contribution in [-0.4, -0.2) is 42.4 Å². The van der Waals surface area contributed by atoms with Gasteiger partial charge in [-0.15, -0.1) is 0 Å². The van der Waals surface area contributed by atoms with E-state index in [2.05, 4.69) is 5.32 Å². The minimum absolute atomic E-state index is 0.0148. The van der Waals surface area contributed by atoms with Gasteiger partial charge in [-0.1, -0.05) is 11.6 Å². The lowest BCUT2D eigenvalue weighted by molar-refractivity contribution is -0.119. The maximum absolute atomic E-state index is 13.7. The smallest absolute Gasteiger partial charge is 0.254 e. The molecule has 0 aliphatic carbocycles. The maximum Gasteiger partial charge on any atom is 0.254 e. The number of amides is 2. The van der Waals surface area contributed by atoms with Gasteiger partial charge in [0.1, 0.15) is 5.82 Å². The lowest BCUT2D eigenvalue weighted by Gasteiger charge is -2.31. The first-order valence-electron chi connectivity index (χ1n) is 6.72. The molecule has 0 saturated carbocycles. The molecule has 0 bridgehead atoms. The Morgan fingerprint density at radius 2 is 2.05 bits per heavy atom. The first-order chi connectivity index (χ1) is 9.95. The summed E-state index contributed by atoms with van der Waals surface area (Å²) in [6, 6.07) is 3.94. The van der Waals surface area contributed by atoms with Crippen molar-refractivity contribution in [3.8, 4) is 0 Å². The fraction of sp³-hybridized carbons (Fsp3) is 0.429. The number of rotatable bonds is 4. The van der Waals surface area contributed by atoms with Gasteiger partial charge in [-0.25, -0.2) is 4.39 Å². The van der Waals surface area contributed by atoms with Gasteiger partial charge in [-0.3, -0.25) is 14.5 Å². The van der Waals surface area contributed by atoms with Crippen molar-refractivity contribution in [2.24, 2.45) is 5.73 Å². The molecule has 1 heterocycles. The zero-order chi connectivity index (χ0) is 15.4. The zero-order valence-electron chi connectivity index (χ0n) is 11.4. The minimum atomic E-state index is -0.633. The van der Waals surface area contributed by atoms with Gasteiger partial charge in [0, 0.05) is 24.2 Å². The van der Waals surface area contributed by atoms with Crippen molar-refractivity contribution in [1.29, 1.82) is 0 Å². The van der Waals surface area contributed by atoms with Crippen LogP contribution >= 0.6 is 11.6 Å². The average Bonchev–Trinajstić information content (AvgIpc) is 2.40. The van der Waals surface area contributed by atoms with Crippen molar-refractivity contribution in [1.82, 2.24) is 10.2 Å². The topological polar surface area (TPSA) is 75.4 Å². The Balaban J connectivity index is 1.88. The largest absolute Gasteiger partial charge is 0.369 e. The second-order valence-corrected chi connectivity index (χ2v) is 5.55. The summed E-state index contributed by atoms with van der Waals surface area (Å²) in [7, 11) is 0. The molecule has 0 unspecified atom stereocenters. The van der Waals surface area contributed by atoms with E-state index in [4.69, 9.17) is 17.3 Å². The first-order valence-corrected chi connectivity index (χ1v) is 7.10. The highest BCUT2D eigenvalue weighted by Crippen LogP contribution is 2.16. The highest BCUT2D eigenvalue weighted by atomic mass is 35.5. The van der Waals surface area contributed by atoms with Gasteiger partial charge in [-0.05, 0) is 31.0 Å². The van der Waals surface area contributed by atoms with Crippen molar-refractivity contribution in [2.45, 2.75) is 18.9 Å². The fourth-order valence-electron chi connectivity index (χ4n) is 2.39. The predicted octanol–water partition coefficient (Wildman–Crippen LogP) is 1.16. The summed E-state index contributed by atoms with van der Waals surface area (Å²) in [6.45, 7) is 1.58. The van der Waals surface area contributed by atoms with Crippen LogP contribution in [0.15, 0.2) is 18.2 Å². The highest BCUT2D eigenvalue weighted by molar-refractivity contribution is 6.30. The average molecular weight is 314 g/mol. The number of halogens is 2. The normalized spacial score (nSPS) is 16.7. The number of nitrogens with zero attached hydrogens (tertiary/aromatic N) is 1. The van der Waals surface area contributed by atoms with E-state index in [1.807, 2.05) is 4.90 Å². The molecular formula is C14H17ClFN3O2. The Hall–Kier alpha value is -1.66. The number of benzene rings is 1. The van der Waals surface area contributed by atoms with Crippen LogP contribution in [0.4, 0.5) is 4.39 Å². The highest BCUT2D eigenvalue weighted by Gasteiger charge is 2.22. The van der Waals surface area contributed by atoms with Gasteiger partial charge in [0.15, 0.2) is 0 Å². The second kappa shape index (κ2) is 6.87. The van der Waals surface area contributed by atoms with E-state index in [-0.39, 0.29) is 29.1 Å². The number of hydrogen-bond acceptors (Lipinski definition) is 3. The van der Waals surface area contributed by atoms with Crippen LogP contribution in [-0.2, 0) is 4.79 Å². The summed E-state index contributed by atoms with van der Waals surface area (Å²) >= 11 is 5.66. The van der Waals surface area contributed by atoms with Crippen LogP contribution < -0.4 is 11.1 Å². The Morgan fingerprint density at radius 1 is 1.38 bits per heavy atom. The van der Waals surface area contributed by atoms with E-state index in [0.29, 0.717) is 25.9 Å². The molecule has 1 saturated heterocycles.